The van der Waals surface area contributed by atoms with E-state index in [1.54, 1.807) is 0 Å². The van der Waals surface area contributed by atoms with Crippen molar-refractivity contribution in [3.63, 3.8) is 0 Å². The lowest BCUT2D eigenvalue weighted by Crippen LogP contribution is -2.78. The van der Waals surface area contributed by atoms with Crippen molar-refractivity contribution in [2.75, 3.05) is 13.2 Å². The van der Waals surface area contributed by atoms with Crippen molar-refractivity contribution in [3.05, 3.63) is 71.8 Å². The van der Waals surface area contributed by atoms with Crippen molar-refractivity contribution >= 4 is 10.4 Å². The zero-order valence-electron chi connectivity index (χ0n) is 13.8. The van der Waals surface area contributed by atoms with Crippen LogP contribution in [-0.4, -0.2) is 21.6 Å². The van der Waals surface area contributed by atoms with E-state index in [-0.39, 0.29) is 35.9 Å². The molecule has 3 fully saturated rings. The van der Waals surface area contributed by atoms with Crippen LogP contribution in [0.1, 0.15) is 24.0 Å². The van der Waals surface area contributed by atoms with Crippen LogP contribution < -0.4 is 0 Å². The highest BCUT2D eigenvalue weighted by molar-refractivity contribution is 7.81. The van der Waals surface area contributed by atoms with Gasteiger partial charge < -0.3 is 0 Å². The second-order valence-corrected chi connectivity index (χ2v) is 8.65. The largest absolute Gasteiger partial charge is 0.399 e. The lowest BCUT2D eigenvalue weighted by Gasteiger charge is -2.76. The fraction of sp³-hybridized carbons (Fsp3) is 0.400. The summed E-state index contributed by atoms with van der Waals surface area (Å²) in [7, 11) is -3.88. The van der Waals surface area contributed by atoms with E-state index >= 15 is 0 Å². The fourth-order valence-corrected chi connectivity index (χ4v) is 6.55. The number of rotatable bonds is 2. The molecule has 4 atom stereocenters. The third-order valence-electron chi connectivity index (χ3n) is 6.82. The maximum Gasteiger partial charge on any atom is 0.399 e. The van der Waals surface area contributed by atoms with Crippen LogP contribution >= 0.6 is 0 Å². The van der Waals surface area contributed by atoms with E-state index in [0.717, 1.165) is 12.8 Å². The summed E-state index contributed by atoms with van der Waals surface area (Å²) in [6.07, 6.45) is 2.10. The Labute approximate surface area is 148 Å². The number of hydrogen-bond acceptors (Lipinski definition) is 4. The Balaban J connectivity index is 1.68. The van der Waals surface area contributed by atoms with Crippen molar-refractivity contribution in [1.29, 1.82) is 0 Å². The highest BCUT2D eigenvalue weighted by atomic mass is 32.3. The molecule has 0 amide bonds. The van der Waals surface area contributed by atoms with Crippen molar-refractivity contribution in [2.24, 2.45) is 11.8 Å². The van der Waals surface area contributed by atoms with Crippen LogP contribution in [0.5, 0.6) is 0 Å². The quantitative estimate of drug-likeness (QED) is 0.829. The summed E-state index contributed by atoms with van der Waals surface area (Å²) in [6.45, 7) is 0.410. The van der Waals surface area contributed by atoms with Gasteiger partial charge in [-0.2, -0.15) is 8.42 Å². The van der Waals surface area contributed by atoms with Gasteiger partial charge in [-0.15, -0.1) is 0 Å². The summed E-state index contributed by atoms with van der Waals surface area (Å²) in [6, 6.07) is 21.0. The molecule has 2 saturated carbocycles. The third-order valence-corrected chi connectivity index (χ3v) is 7.67. The monoisotopic (exact) mass is 356 g/mol. The zero-order valence-corrected chi connectivity index (χ0v) is 14.6. The van der Waals surface area contributed by atoms with E-state index < -0.39 is 10.4 Å². The first-order valence-electron chi connectivity index (χ1n) is 8.75. The van der Waals surface area contributed by atoms with Gasteiger partial charge in [0.2, 0.25) is 0 Å². The summed E-state index contributed by atoms with van der Waals surface area (Å²) in [5.41, 5.74) is 2.44. The molecule has 1 saturated heterocycles. The molecule has 25 heavy (non-hydrogen) atoms. The Bertz CT molecular complexity index is 826. The Morgan fingerprint density at radius 3 is 1.48 bits per heavy atom. The Kier molecular flexibility index (Phi) is 3.21. The zero-order chi connectivity index (χ0) is 17.1. The minimum Gasteiger partial charge on any atom is -0.248 e. The Hall–Kier alpha value is -1.69. The van der Waals surface area contributed by atoms with E-state index in [9.17, 15) is 8.42 Å². The molecule has 5 rings (SSSR count). The minimum absolute atomic E-state index is 0.0660. The van der Waals surface area contributed by atoms with Crippen molar-refractivity contribution in [2.45, 2.75) is 23.7 Å². The van der Waals surface area contributed by atoms with Gasteiger partial charge in [0.1, 0.15) is 0 Å². The Morgan fingerprint density at radius 1 is 0.720 bits per heavy atom. The van der Waals surface area contributed by atoms with Crippen LogP contribution in [0.25, 0.3) is 0 Å². The predicted octanol–water partition coefficient (Wildman–Crippen LogP) is 3.19. The molecule has 0 unspecified atom stereocenters. The molecule has 3 aliphatic rings. The number of hydrogen-bond donors (Lipinski definition) is 0. The molecule has 2 aromatic carbocycles. The molecule has 0 aromatic heterocycles. The molecular formula is C20H20O4S. The van der Waals surface area contributed by atoms with Gasteiger partial charge in [0.25, 0.3) is 0 Å². The third kappa shape index (κ3) is 1.86. The number of benzene rings is 2. The van der Waals surface area contributed by atoms with Crippen molar-refractivity contribution in [1.82, 2.24) is 0 Å². The van der Waals surface area contributed by atoms with E-state index in [1.807, 2.05) is 12.1 Å². The van der Waals surface area contributed by atoms with Gasteiger partial charge >= 0.3 is 10.4 Å². The van der Waals surface area contributed by atoms with E-state index in [1.165, 1.54) is 11.1 Å². The SMILES string of the molecule is O=S1(=O)OC[C@@H]2[C@H](CO1)[C@@]1(c3ccccc3)CC[C@@]21c1ccccc1. The first-order chi connectivity index (χ1) is 12.1. The molecule has 1 aliphatic heterocycles. The van der Waals surface area contributed by atoms with E-state index in [2.05, 4.69) is 48.5 Å². The lowest BCUT2D eigenvalue weighted by molar-refractivity contribution is -0.184. The minimum atomic E-state index is -3.88. The van der Waals surface area contributed by atoms with Crippen LogP contribution in [0, 0.1) is 11.8 Å². The maximum absolute atomic E-state index is 11.9. The molecule has 2 aromatic rings. The Morgan fingerprint density at radius 2 is 1.12 bits per heavy atom. The summed E-state index contributed by atoms with van der Waals surface area (Å²) < 4.78 is 34.0. The normalized spacial score (nSPS) is 38.4. The van der Waals surface area contributed by atoms with Crippen LogP contribution in [0.4, 0.5) is 0 Å². The average Bonchev–Trinajstić information content (AvgIpc) is 2.76. The first-order valence-corrected chi connectivity index (χ1v) is 10.1. The van der Waals surface area contributed by atoms with Crippen LogP contribution in [0.3, 0.4) is 0 Å². The first kappa shape index (κ1) is 15.6. The molecule has 130 valence electrons. The molecule has 1 heterocycles. The van der Waals surface area contributed by atoms with E-state index in [0.29, 0.717) is 0 Å². The van der Waals surface area contributed by atoms with Gasteiger partial charge in [-0.1, -0.05) is 60.7 Å². The molecule has 0 bridgehead atoms. The highest BCUT2D eigenvalue weighted by Gasteiger charge is 2.77. The standard InChI is InChI=1S/C20H20O4S/c21-25(22)23-13-17-18(14-24-25)20(16-9-5-2-6-10-16)12-11-19(17,20)15-7-3-1-4-8-15/h1-10,17-18H,11-14H2/t17-,18+,19-,20+. The lowest BCUT2D eigenvalue weighted by atomic mass is 9.26. The molecule has 0 N–H and O–H groups in total. The molecule has 5 heteroatoms. The maximum atomic E-state index is 11.9. The average molecular weight is 356 g/mol. The predicted molar refractivity (Wildman–Crippen MR) is 93.3 cm³/mol. The summed E-state index contributed by atoms with van der Waals surface area (Å²) in [5.74, 6) is 0.308. The molecular weight excluding hydrogens is 336 g/mol. The van der Waals surface area contributed by atoms with Gasteiger partial charge in [0.15, 0.2) is 0 Å². The molecule has 0 radical (unpaired) electrons. The van der Waals surface area contributed by atoms with Gasteiger partial charge in [-0.05, 0) is 24.0 Å². The molecule has 4 nitrogen and oxygen atoms in total. The molecule has 0 spiro atoms. The smallest absolute Gasteiger partial charge is 0.248 e. The van der Waals surface area contributed by atoms with Crippen molar-refractivity contribution in [3.8, 4) is 0 Å². The van der Waals surface area contributed by atoms with Crippen LogP contribution in [-0.2, 0) is 29.6 Å². The second kappa shape index (κ2) is 5.16. The van der Waals surface area contributed by atoms with Gasteiger partial charge in [-0.25, -0.2) is 8.37 Å². The fourth-order valence-electron chi connectivity index (χ4n) is 5.85. The summed E-state index contributed by atoms with van der Waals surface area (Å²) in [5, 5.41) is 0. The number of fused-ring (bicyclic) bond motifs is 4. The highest BCUT2D eigenvalue weighted by Crippen LogP contribution is 2.77. The van der Waals surface area contributed by atoms with Gasteiger partial charge in [0, 0.05) is 22.7 Å². The van der Waals surface area contributed by atoms with Crippen LogP contribution in [0.15, 0.2) is 60.7 Å². The van der Waals surface area contributed by atoms with Gasteiger partial charge in [-0.3, -0.25) is 0 Å². The summed E-state index contributed by atoms with van der Waals surface area (Å²) in [4.78, 5) is 0. The van der Waals surface area contributed by atoms with Crippen LogP contribution in [0.2, 0.25) is 0 Å². The molecule has 2 aliphatic carbocycles. The van der Waals surface area contributed by atoms with E-state index in [4.69, 9.17) is 8.37 Å². The van der Waals surface area contributed by atoms with Gasteiger partial charge in [0.05, 0.1) is 13.2 Å². The summed E-state index contributed by atoms with van der Waals surface area (Å²) >= 11 is 0. The van der Waals surface area contributed by atoms with Crippen molar-refractivity contribution < 1.29 is 16.8 Å². The second-order valence-electron chi connectivity index (χ2n) is 7.37. The topological polar surface area (TPSA) is 52.6 Å².